The zero-order valence-electron chi connectivity index (χ0n) is 13.5. The van der Waals surface area contributed by atoms with Gasteiger partial charge in [0.05, 0.1) is 10.4 Å². The lowest BCUT2D eigenvalue weighted by Crippen LogP contribution is -2.11. The van der Waals surface area contributed by atoms with Crippen LogP contribution in [-0.2, 0) is 15.1 Å². The number of nitrogens with zero attached hydrogens (tertiary/aromatic N) is 2. The highest BCUT2D eigenvalue weighted by atomic mass is 79.9. The van der Waals surface area contributed by atoms with Gasteiger partial charge >= 0.3 is 0 Å². The predicted octanol–water partition coefficient (Wildman–Crippen LogP) is 5.22. The van der Waals surface area contributed by atoms with Crippen molar-refractivity contribution in [2.24, 2.45) is 0 Å². The standard InChI is InChI=1S/C18H12BrN2O3S2/c1-11-8-13(3-5-17(11)22)26(23,24)21-10-15(18-20-6-7-25-18)14-9-12(19)2-4-16(14)21/h2-10H,1H3. The van der Waals surface area contributed by atoms with Gasteiger partial charge in [0.1, 0.15) is 5.01 Å². The van der Waals surface area contributed by atoms with Crippen LogP contribution in [0.3, 0.4) is 0 Å². The van der Waals surface area contributed by atoms with Crippen molar-refractivity contribution < 1.29 is 13.5 Å². The number of halogens is 1. The Morgan fingerprint density at radius 2 is 1.96 bits per heavy atom. The quantitative estimate of drug-likeness (QED) is 0.432. The van der Waals surface area contributed by atoms with E-state index in [2.05, 4.69) is 20.9 Å². The van der Waals surface area contributed by atoms with Crippen molar-refractivity contribution in [3.05, 3.63) is 64.2 Å². The molecule has 8 heteroatoms. The van der Waals surface area contributed by atoms with Gasteiger partial charge in [-0.2, -0.15) is 0 Å². The molecule has 2 aromatic carbocycles. The van der Waals surface area contributed by atoms with E-state index in [1.165, 1.54) is 33.5 Å². The molecular formula is C18H12BrN2O3S2. The van der Waals surface area contributed by atoms with Gasteiger partial charge in [0.15, 0.2) is 5.75 Å². The monoisotopic (exact) mass is 447 g/mol. The van der Waals surface area contributed by atoms with E-state index in [-0.39, 0.29) is 10.6 Å². The van der Waals surface area contributed by atoms with Gasteiger partial charge in [-0.25, -0.2) is 17.4 Å². The third-order valence-electron chi connectivity index (χ3n) is 4.10. The molecule has 131 valence electrons. The first kappa shape index (κ1) is 17.3. The Morgan fingerprint density at radius 1 is 1.15 bits per heavy atom. The Bertz CT molecular complexity index is 1230. The first-order valence-electron chi connectivity index (χ1n) is 7.61. The van der Waals surface area contributed by atoms with Crippen molar-refractivity contribution >= 4 is 48.2 Å². The van der Waals surface area contributed by atoms with Gasteiger partial charge in [-0.15, -0.1) is 11.3 Å². The molecule has 0 saturated heterocycles. The summed E-state index contributed by atoms with van der Waals surface area (Å²) in [5, 5.41) is 15.0. The fourth-order valence-corrected chi connectivity index (χ4v) is 5.27. The van der Waals surface area contributed by atoms with Crippen LogP contribution in [0.15, 0.2) is 63.5 Å². The Kier molecular flexibility index (Phi) is 4.13. The second-order valence-corrected chi connectivity index (χ2v) is 9.39. The summed E-state index contributed by atoms with van der Waals surface area (Å²) in [5.41, 5.74) is 1.70. The third-order valence-corrected chi connectivity index (χ3v) is 7.07. The molecular weight excluding hydrogens is 436 g/mol. The van der Waals surface area contributed by atoms with Crippen LogP contribution in [0, 0.1) is 6.92 Å². The number of benzene rings is 2. The number of aryl methyl sites for hydroxylation is 1. The molecule has 2 heterocycles. The molecule has 0 bridgehead atoms. The summed E-state index contributed by atoms with van der Waals surface area (Å²) >= 11 is 4.89. The first-order valence-corrected chi connectivity index (χ1v) is 10.7. The minimum Gasteiger partial charge on any atom is -0.290 e. The summed E-state index contributed by atoms with van der Waals surface area (Å²) in [6, 6.07) is 9.47. The van der Waals surface area contributed by atoms with Crippen LogP contribution in [0.25, 0.3) is 21.5 Å². The SMILES string of the molecule is Cc1cc(S(=O)(=O)n2cc(-c3nccs3)c3cc(Br)ccc32)ccc1[O]. The van der Waals surface area contributed by atoms with E-state index in [9.17, 15) is 13.5 Å². The molecule has 0 spiro atoms. The van der Waals surface area contributed by atoms with Gasteiger partial charge in [0.2, 0.25) is 0 Å². The van der Waals surface area contributed by atoms with E-state index in [1.54, 1.807) is 31.5 Å². The maximum Gasteiger partial charge on any atom is 0.268 e. The number of rotatable bonds is 3. The molecule has 0 saturated carbocycles. The highest BCUT2D eigenvalue weighted by molar-refractivity contribution is 9.10. The van der Waals surface area contributed by atoms with E-state index in [0.717, 1.165) is 20.4 Å². The molecule has 1 radical (unpaired) electrons. The molecule has 0 aliphatic carbocycles. The van der Waals surface area contributed by atoms with Crippen molar-refractivity contribution in [1.82, 2.24) is 8.96 Å². The smallest absolute Gasteiger partial charge is 0.268 e. The fraction of sp³-hybridized carbons (Fsp3) is 0.0556. The molecule has 4 rings (SSSR count). The minimum atomic E-state index is -3.85. The maximum absolute atomic E-state index is 13.2. The highest BCUT2D eigenvalue weighted by Crippen LogP contribution is 2.36. The lowest BCUT2D eigenvalue weighted by Gasteiger charge is -2.08. The Hall–Kier alpha value is -2.16. The molecule has 0 N–H and O–H groups in total. The number of aromatic nitrogens is 2. The van der Waals surface area contributed by atoms with E-state index < -0.39 is 10.0 Å². The van der Waals surface area contributed by atoms with E-state index in [1.807, 2.05) is 11.4 Å². The molecule has 0 aliphatic heterocycles. The molecule has 5 nitrogen and oxygen atoms in total. The average molecular weight is 448 g/mol. The number of fused-ring (bicyclic) bond motifs is 1. The molecule has 2 aromatic heterocycles. The zero-order chi connectivity index (χ0) is 18.5. The van der Waals surface area contributed by atoms with Crippen LogP contribution in [-0.4, -0.2) is 17.4 Å². The second-order valence-electron chi connectivity index (χ2n) is 5.77. The van der Waals surface area contributed by atoms with Crippen LogP contribution in [0.5, 0.6) is 5.75 Å². The van der Waals surface area contributed by atoms with Crippen molar-refractivity contribution in [2.45, 2.75) is 11.8 Å². The molecule has 26 heavy (non-hydrogen) atoms. The Morgan fingerprint density at radius 3 is 2.65 bits per heavy atom. The highest BCUT2D eigenvalue weighted by Gasteiger charge is 2.23. The lowest BCUT2D eigenvalue weighted by atomic mass is 10.2. The average Bonchev–Trinajstić information content (AvgIpc) is 3.24. The Balaban J connectivity index is 2.01. The summed E-state index contributed by atoms with van der Waals surface area (Å²) in [6.45, 7) is 1.60. The molecule has 4 aromatic rings. The summed E-state index contributed by atoms with van der Waals surface area (Å²) < 4.78 is 28.5. The largest absolute Gasteiger partial charge is 0.290 e. The summed E-state index contributed by atoms with van der Waals surface area (Å²) in [6.07, 6.45) is 3.28. The topological polar surface area (TPSA) is 71.9 Å². The summed E-state index contributed by atoms with van der Waals surface area (Å²) in [7, 11) is -3.85. The summed E-state index contributed by atoms with van der Waals surface area (Å²) in [4.78, 5) is 4.40. The van der Waals surface area contributed by atoms with Crippen LogP contribution < -0.4 is 0 Å². The van der Waals surface area contributed by atoms with Crippen molar-refractivity contribution in [2.75, 3.05) is 0 Å². The van der Waals surface area contributed by atoms with Gasteiger partial charge in [0, 0.05) is 33.2 Å². The van der Waals surface area contributed by atoms with E-state index >= 15 is 0 Å². The number of hydrogen-bond acceptors (Lipinski definition) is 4. The minimum absolute atomic E-state index is 0.0834. The first-order chi connectivity index (χ1) is 12.4. The molecule has 0 amide bonds. The van der Waals surface area contributed by atoms with Gasteiger partial charge in [-0.3, -0.25) is 5.11 Å². The molecule has 0 unspecified atom stereocenters. The lowest BCUT2D eigenvalue weighted by molar-refractivity contribution is 0.351. The second kappa shape index (κ2) is 6.22. The number of hydrogen-bond donors (Lipinski definition) is 0. The van der Waals surface area contributed by atoms with Crippen molar-refractivity contribution in [3.8, 4) is 16.3 Å². The van der Waals surface area contributed by atoms with Crippen molar-refractivity contribution in [3.63, 3.8) is 0 Å². The van der Waals surface area contributed by atoms with Crippen LogP contribution in [0.2, 0.25) is 0 Å². The Labute approximate surface area is 162 Å². The van der Waals surface area contributed by atoms with Crippen molar-refractivity contribution in [1.29, 1.82) is 0 Å². The van der Waals surface area contributed by atoms with E-state index in [0.29, 0.717) is 11.1 Å². The third kappa shape index (κ3) is 2.74. The van der Waals surface area contributed by atoms with Crippen LogP contribution >= 0.6 is 27.3 Å². The fourth-order valence-electron chi connectivity index (χ4n) is 2.79. The van der Waals surface area contributed by atoms with Crippen LogP contribution in [0.1, 0.15) is 5.56 Å². The normalized spacial score (nSPS) is 11.9. The summed E-state index contributed by atoms with van der Waals surface area (Å²) in [5.74, 6) is -0.186. The predicted molar refractivity (Wildman–Crippen MR) is 105 cm³/mol. The maximum atomic E-state index is 13.2. The van der Waals surface area contributed by atoms with E-state index in [4.69, 9.17) is 0 Å². The van der Waals surface area contributed by atoms with Gasteiger partial charge < -0.3 is 0 Å². The number of thiazole rings is 1. The van der Waals surface area contributed by atoms with Gasteiger partial charge in [0.25, 0.3) is 10.0 Å². The van der Waals surface area contributed by atoms with Gasteiger partial charge in [-0.05, 0) is 48.9 Å². The molecule has 0 atom stereocenters. The van der Waals surface area contributed by atoms with Crippen LogP contribution in [0.4, 0.5) is 0 Å². The zero-order valence-corrected chi connectivity index (χ0v) is 16.7. The molecule has 0 aliphatic rings. The van der Waals surface area contributed by atoms with Gasteiger partial charge in [-0.1, -0.05) is 15.9 Å². The molecule has 0 fully saturated rings.